The van der Waals surface area contributed by atoms with E-state index >= 15 is 0 Å². The molecule has 9 heteroatoms. The number of nitrogens with zero attached hydrogens (tertiary/aromatic N) is 4. The number of hydrogen-bond donors (Lipinski definition) is 4. The molecule has 1 aliphatic heterocycles. The van der Waals surface area contributed by atoms with E-state index < -0.39 is 24.5 Å². The Labute approximate surface area is 161 Å². The number of aliphatic hydroxyl groups excluding tert-OH is 3. The largest absolute Gasteiger partial charge is 0.394 e. The third kappa shape index (κ3) is 3.45. The molecule has 0 radical (unpaired) electrons. The third-order valence-corrected chi connectivity index (χ3v) is 4.92. The van der Waals surface area contributed by atoms with Crippen LogP contribution in [-0.4, -0.2) is 65.8 Å². The smallest absolute Gasteiger partial charge is 0.167 e. The van der Waals surface area contributed by atoms with Crippen molar-refractivity contribution in [3.05, 3.63) is 48.5 Å². The predicted molar refractivity (Wildman–Crippen MR) is 102 cm³/mol. The lowest BCUT2D eigenvalue weighted by Gasteiger charge is -2.17. The molecule has 3 aromatic rings. The summed E-state index contributed by atoms with van der Waals surface area (Å²) < 4.78 is 7.13. The van der Waals surface area contributed by atoms with E-state index in [2.05, 4.69) is 39.3 Å². The Morgan fingerprint density at radius 2 is 1.93 bits per heavy atom. The summed E-state index contributed by atoms with van der Waals surface area (Å²) in [5, 5.41) is 32.9. The van der Waals surface area contributed by atoms with Crippen LogP contribution < -0.4 is 5.32 Å². The molecule has 1 aromatic carbocycles. The molecule has 3 heterocycles. The number of hydrogen-bond acceptors (Lipinski definition) is 8. The van der Waals surface area contributed by atoms with Crippen LogP contribution in [0, 0.1) is 0 Å². The van der Waals surface area contributed by atoms with Crippen LogP contribution in [0.1, 0.15) is 18.7 Å². The van der Waals surface area contributed by atoms with Gasteiger partial charge in [0.2, 0.25) is 0 Å². The molecule has 4 N–H and O–H groups in total. The van der Waals surface area contributed by atoms with Gasteiger partial charge in [0.15, 0.2) is 23.2 Å². The number of nitrogens with one attached hydrogen (secondary N) is 1. The Hall–Kier alpha value is -2.59. The van der Waals surface area contributed by atoms with E-state index in [0.717, 1.165) is 6.42 Å². The van der Waals surface area contributed by atoms with E-state index in [1.807, 2.05) is 18.2 Å². The molecular formula is C19H23N5O4. The first-order valence-electron chi connectivity index (χ1n) is 9.19. The zero-order chi connectivity index (χ0) is 19.7. The minimum atomic E-state index is -1.20. The summed E-state index contributed by atoms with van der Waals surface area (Å²) in [7, 11) is 0. The third-order valence-electron chi connectivity index (χ3n) is 4.92. The minimum absolute atomic E-state index is 0.111. The van der Waals surface area contributed by atoms with Gasteiger partial charge in [-0.3, -0.25) is 4.57 Å². The highest BCUT2D eigenvalue weighted by Gasteiger charge is 2.44. The van der Waals surface area contributed by atoms with E-state index in [1.54, 1.807) is 4.57 Å². The van der Waals surface area contributed by atoms with Crippen molar-refractivity contribution in [3.63, 3.8) is 0 Å². The summed E-state index contributed by atoms with van der Waals surface area (Å²) in [6, 6.07) is 10.3. The Morgan fingerprint density at radius 1 is 1.14 bits per heavy atom. The summed E-state index contributed by atoms with van der Waals surface area (Å²) >= 11 is 0. The summed E-state index contributed by atoms with van der Waals surface area (Å²) in [5.74, 6) is 0.582. The van der Waals surface area contributed by atoms with Crippen molar-refractivity contribution in [2.45, 2.75) is 43.9 Å². The minimum Gasteiger partial charge on any atom is -0.394 e. The Balaban J connectivity index is 1.57. The number of fused-ring (bicyclic) bond motifs is 1. The average molecular weight is 385 g/mol. The van der Waals surface area contributed by atoms with Crippen LogP contribution in [-0.2, 0) is 11.2 Å². The van der Waals surface area contributed by atoms with E-state index in [9.17, 15) is 15.3 Å². The predicted octanol–water partition coefficient (Wildman–Crippen LogP) is 0.481. The summed E-state index contributed by atoms with van der Waals surface area (Å²) in [6.45, 7) is 1.67. The van der Waals surface area contributed by atoms with Crippen LogP contribution in [0.4, 0.5) is 5.82 Å². The molecule has 28 heavy (non-hydrogen) atoms. The first-order valence-corrected chi connectivity index (χ1v) is 9.19. The second-order valence-corrected chi connectivity index (χ2v) is 7.01. The molecule has 0 spiro atoms. The molecule has 2 unspecified atom stereocenters. The normalized spacial score (nSPS) is 25.9. The van der Waals surface area contributed by atoms with Gasteiger partial charge in [0.1, 0.15) is 24.6 Å². The van der Waals surface area contributed by atoms with Gasteiger partial charge in [-0.15, -0.1) is 0 Å². The van der Waals surface area contributed by atoms with Crippen molar-refractivity contribution >= 4 is 17.0 Å². The molecular weight excluding hydrogens is 362 g/mol. The zero-order valence-corrected chi connectivity index (χ0v) is 15.4. The molecule has 9 nitrogen and oxygen atoms in total. The number of ether oxygens (including phenoxy) is 1. The molecule has 4 rings (SSSR count). The van der Waals surface area contributed by atoms with Crippen molar-refractivity contribution in [2.24, 2.45) is 0 Å². The van der Waals surface area contributed by atoms with Crippen molar-refractivity contribution in [2.75, 3.05) is 11.9 Å². The van der Waals surface area contributed by atoms with E-state index in [4.69, 9.17) is 4.74 Å². The quantitative estimate of drug-likeness (QED) is 0.483. The molecule has 2 aromatic heterocycles. The van der Waals surface area contributed by atoms with Gasteiger partial charge in [-0.2, -0.15) is 0 Å². The second kappa shape index (κ2) is 7.80. The lowest BCUT2D eigenvalue weighted by molar-refractivity contribution is -0.0511. The molecule has 148 valence electrons. The lowest BCUT2D eigenvalue weighted by Crippen LogP contribution is -2.33. The summed E-state index contributed by atoms with van der Waals surface area (Å²) in [6.07, 6.45) is -0.395. The van der Waals surface area contributed by atoms with Gasteiger partial charge in [0, 0.05) is 6.04 Å². The SMILES string of the molecule is C[C@H](Cc1ccccc1)Nc1ncnc2c1ncn2[C@@H]1O[C@H](CO)C(O)C1O. The Kier molecular flexibility index (Phi) is 5.23. The summed E-state index contributed by atoms with van der Waals surface area (Å²) in [4.78, 5) is 12.9. The second-order valence-electron chi connectivity index (χ2n) is 7.01. The highest BCUT2D eigenvalue weighted by molar-refractivity contribution is 5.82. The van der Waals surface area contributed by atoms with Gasteiger partial charge in [0.25, 0.3) is 0 Å². The fourth-order valence-corrected chi connectivity index (χ4v) is 3.51. The standard InChI is InChI=1S/C19H23N5O4/c1-11(7-12-5-3-2-4-6-12)23-17-14-18(21-9-20-17)24(10-22-14)19-16(27)15(26)13(8-25)28-19/h2-6,9-11,13,15-16,19,25-27H,7-8H2,1H3,(H,20,21,23)/t11-,13-,15?,16?,19-/m1/s1. The van der Waals surface area contributed by atoms with Crippen molar-refractivity contribution in [3.8, 4) is 0 Å². The van der Waals surface area contributed by atoms with Crippen LogP contribution in [0.5, 0.6) is 0 Å². The molecule has 0 bridgehead atoms. The number of imidazole rings is 1. The van der Waals surface area contributed by atoms with Gasteiger partial charge in [-0.25, -0.2) is 15.0 Å². The molecule has 0 amide bonds. The van der Waals surface area contributed by atoms with Crippen LogP contribution >= 0.6 is 0 Å². The topological polar surface area (TPSA) is 126 Å². The molecule has 0 aliphatic carbocycles. The van der Waals surface area contributed by atoms with Crippen molar-refractivity contribution in [1.82, 2.24) is 19.5 Å². The monoisotopic (exact) mass is 385 g/mol. The van der Waals surface area contributed by atoms with Crippen molar-refractivity contribution in [1.29, 1.82) is 0 Å². The molecule has 5 atom stereocenters. The van der Waals surface area contributed by atoms with Crippen LogP contribution in [0.2, 0.25) is 0 Å². The van der Waals surface area contributed by atoms with Crippen molar-refractivity contribution < 1.29 is 20.1 Å². The maximum atomic E-state index is 10.3. The van der Waals surface area contributed by atoms with Gasteiger partial charge < -0.3 is 25.4 Å². The number of anilines is 1. The van der Waals surface area contributed by atoms with E-state index in [-0.39, 0.29) is 12.6 Å². The average Bonchev–Trinajstić information content (AvgIpc) is 3.25. The fraction of sp³-hybridized carbons (Fsp3) is 0.421. The highest BCUT2D eigenvalue weighted by atomic mass is 16.6. The number of aromatic nitrogens is 4. The molecule has 1 aliphatic rings. The maximum Gasteiger partial charge on any atom is 0.167 e. The number of aliphatic hydroxyl groups is 3. The number of benzene rings is 1. The van der Waals surface area contributed by atoms with Gasteiger partial charge >= 0.3 is 0 Å². The zero-order valence-electron chi connectivity index (χ0n) is 15.4. The van der Waals surface area contributed by atoms with Gasteiger partial charge in [0.05, 0.1) is 12.9 Å². The van der Waals surface area contributed by atoms with Crippen LogP contribution in [0.3, 0.4) is 0 Å². The highest BCUT2D eigenvalue weighted by Crippen LogP contribution is 2.32. The summed E-state index contributed by atoms with van der Waals surface area (Å²) in [5.41, 5.74) is 2.23. The maximum absolute atomic E-state index is 10.3. The van der Waals surface area contributed by atoms with E-state index in [0.29, 0.717) is 17.0 Å². The van der Waals surface area contributed by atoms with Gasteiger partial charge in [-0.05, 0) is 18.9 Å². The molecule has 0 saturated carbocycles. The van der Waals surface area contributed by atoms with E-state index in [1.165, 1.54) is 18.2 Å². The molecule has 1 fully saturated rings. The van der Waals surface area contributed by atoms with Crippen LogP contribution in [0.15, 0.2) is 43.0 Å². The Bertz CT molecular complexity index is 934. The first kappa shape index (κ1) is 18.8. The lowest BCUT2D eigenvalue weighted by atomic mass is 10.1. The first-order chi connectivity index (χ1) is 13.6. The van der Waals surface area contributed by atoms with Gasteiger partial charge in [-0.1, -0.05) is 30.3 Å². The fourth-order valence-electron chi connectivity index (χ4n) is 3.51. The molecule has 1 saturated heterocycles. The number of rotatable bonds is 6. The van der Waals surface area contributed by atoms with Crippen LogP contribution in [0.25, 0.3) is 11.2 Å². The Morgan fingerprint density at radius 3 is 2.64 bits per heavy atom.